The number of carboxylic acids is 1. The van der Waals surface area contributed by atoms with Crippen LogP contribution >= 0.6 is 0 Å². The van der Waals surface area contributed by atoms with E-state index in [1.54, 1.807) is 20.0 Å². The van der Waals surface area contributed by atoms with E-state index < -0.39 is 11.4 Å². The summed E-state index contributed by atoms with van der Waals surface area (Å²) in [5.74, 6) is -0.0257. The first-order valence-corrected chi connectivity index (χ1v) is 4.89. The second kappa shape index (κ2) is 3.34. The first-order chi connectivity index (χ1) is 7.03. The van der Waals surface area contributed by atoms with E-state index in [2.05, 4.69) is 4.98 Å². The van der Waals surface area contributed by atoms with Crippen LogP contribution in [0.25, 0.3) is 0 Å². The Morgan fingerprint density at radius 3 is 3.07 bits per heavy atom. The average molecular weight is 210 g/mol. The van der Waals surface area contributed by atoms with Crippen LogP contribution in [0.15, 0.2) is 6.20 Å². The van der Waals surface area contributed by atoms with Gasteiger partial charge in [-0.1, -0.05) is 0 Å². The van der Waals surface area contributed by atoms with Gasteiger partial charge in [0.1, 0.15) is 17.8 Å². The van der Waals surface area contributed by atoms with Crippen molar-refractivity contribution in [2.24, 2.45) is 0 Å². The van der Waals surface area contributed by atoms with Gasteiger partial charge in [0.25, 0.3) is 0 Å². The van der Waals surface area contributed by atoms with Crippen LogP contribution in [0.4, 0.5) is 0 Å². The zero-order valence-electron chi connectivity index (χ0n) is 8.86. The molecule has 0 amide bonds. The molecule has 1 N–H and O–H groups in total. The van der Waals surface area contributed by atoms with Crippen molar-refractivity contribution in [1.82, 2.24) is 9.55 Å². The number of rotatable bonds is 2. The molecule has 15 heavy (non-hydrogen) atoms. The number of aromatic nitrogens is 2. The highest BCUT2D eigenvalue weighted by Gasteiger charge is 2.34. The van der Waals surface area contributed by atoms with E-state index in [1.807, 2.05) is 4.57 Å². The van der Waals surface area contributed by atoms with E-state index in [9.17, 15) is 4.79 Å². The monoisotopic (exact) mass is 210 g/mol. The molecule has 1 aliphatic heterocycles. The maximum Gasteiger partial charge on any atom is 0.315 e. The molecule has 0 unspecified atom stereocenters. The molecule has 0 spiro atoms. The maximum atomic E-state index is 11.1. The lowest BCUT2D eigenvalue weighted by atomic mass is 9.90. The molecular formula is C10H14N2O3. The summed E-state index contributed by atoms with van der Waals surface area (Å²) < 4.78 is 7.19. The summed E-state index contributed by atoms with van der Waals surface area (Å²) in [6.45, 7) is 5.15. The molecule has 1 aliphatic rings. The highest BCUT2D eigenvalue weighted by Crippen LogP contribution is 2.25. The number of nitrogens with zero attached hydrogens (tertiary/aromatic N) is 2. The topological polar surface area (TPSA) is 64.3 Å². The lowest BCUT2D eigenvalue weighted by Gasteiger charge is -2.24. The summed E-state index contributed by atoms with van der Waals surface area (Å²) >= 11 is 0. The number of fused-ring (bicyclic) bond motifs is 1. The van der Waals surface area contributed by atoms with Crippen molar-refractivity contribution in [3.8, 4) is 0 Å². The van der Waals surface area contributed by atoms with Crippen molar-refractivity contribution in [2.45, 2.75) is 32.4 Å². The first-order valence-electron chi connectivity index (χ1n) is 4.89. The summed E-state index contributed by atoms with van der Waals surface area (Å²) in [6, 6.07) is 0. The largest absolute Gasteiger partial charge is 0.481 e. The lowest BCUT2D eigenvalue weighted by molar-refractivity contribution is -0.142. The van der Waals surface area contributed by atoms with Crippen molar-refractivity contribution in [3.05, 3.63) is 17.7 Å². The molecule has 1 aromatic rings. The van der Waals surface area contributed by atoms with Gasteiger partial charge in [-0.2, -0.15) is 0 Å². The molecule has 2 heterocycles. The SMILES string of the molecule is CC(C)(C(=O)O)c1cnc2n1CCOC2. The van der Waals surface area contributed by atoms with Gasteiger partial charge in [-0.3, -0.25) is 4.79 Å². The third-order valence-corrected chi connectivity index (χ3v) is 2.80. The second-order valence-corrected chi connectivity index (χ2v) is 4.19. The smallest absolute Gasteiger partial charge is 0.315 e. The van der Waals surface area contributed by atoms with Crippen molar-refractivity contribution in [2.75, 3.05) is 6.61 Å². The molecule has 2 rings (SSSR count). The van der Waals surface area contributed by atoms with E-state index in [-0.39, 0.29) is 0 Å². The van der Waals surface area contributed by atoms with Crippen LogP contribution in [0.3, 0.4) is 0 Å². The van der Waals surface area contributed by atoms with Crippen LogP contribution in [-0.2, 0) is 28.1 Å². The van der Waals surface area contributed by atoms with E-state index in [1.165, 1.54) is 0 Å². The fraction of sp³-hybridized carbons (Fsp3) is 0.600. The van der Waals surface area contributed by atoms with Gasteiger partial charge in [-0.15, -0.1) is 0 Å². The Balaban J connectivity index is 2.45. The van der Waals surface area contributed by atoms with Crippen LogP contribution < -0.4 is 0 Å². The van der Waals surface area contributed by atoms with Gasteiger partial charge in [0.2, 0.25) is 0 Å². The van der Waals surface area contributed by atoms with Crippen molar-refractivity contribution in [1.29, 1.82) is 0 Å². The van der Waals surface area contributed by atoms with Crippen molar-refractivity contribution < 1.29 is 14.6 Å². The molecule has 0 radical (unpaired) electrons. The molecule has 5 heteroatoms. The number of carbonyl (C=O) groups is 1. The zero-order chi connectivity index (χ0) is 11.1. The lowest BCUT2D eigenvalue weighted by Crippen LogP contribution is -2.33. The number of hydrogen-bond acceptors (Lipinski definition) is 3. The molecule has 0 aliphatic carbocycles. The molecule has 0 bridgehead atoms. The molecule has 1 aromatic heterocycles. The summed E-state index contributed by atoms with van der Waals surface area (Å²) in [5, 5.41) is 9.14. The highest BCUT2D eigenvalue weighted by molar-refractivity contribution is 5.79. The van der Waals surface area contributed by atoms with E-state index in [0.29, 0.717) is 19.8 Å². The number of aliphatic carboxylic acids is 1. The van der Waals surface area contributed by atoms with Crippen molar-refractivity contribution >= 4 is 5.97 Å². The Morgan fingerprint density at radius 1 is 1.67 bits per heavy atom. The molecule has 0 fully saturated rings. The van der Waals surface area contributed by atoms with Gasteiger partial charge in [-0.05, 0) is 13.8 Å². The fourth-order valence-corrected chi connectivity index (χ4v) is 1.71. The fourth-order valence-electron chi connectivity index (χ4n) is 1.71. The van der Waals surface area contributed by atoms with Crippen LogP contribution in [0, 0.1) is 0 Å². The number of hydrogen-bond donors (Lipinski definition) is 1. The normalized spacial score (nSPS) is 16.1. The minimum Gasteiger partial charge on any atom is -0.481 e. The first kappa shape index (κ1) is 10.2. The Hall–Kier alpha value is -1.36. The maximum absolute atomic E-state index is 11.1. The molecule has 0 saturated carbocycles. The Morgan fingerprint density at radius 2 is 2.40 bits per heavy atom. The quantitative estimate of drug-likeness (QED) is 0.783. The standard InChI is InChI=1S/C10H14N2O3/c1-10(2,9(13)14)7-5-11-8-6-15-4-3-12(7)8/h5H,3-4,6H2,1-2H3,(H,13,14). The third kappa shape index (κ3) is 1.52. The van der Waals surface area contributed by atoms with Crippen LogP contribution in [0.2, 0.25) is 0 Å². The summed E-state index contributed by atoms with van der Waals surface area (Å²) in [4.78, 5) is 15.3. The Kier molecular flexibility index (Phi) is 2.26. The summed E-state index contributed by atoms with van der Waals surface area (Å²) in [5.41, 5.74) is -0.156. The predicted molar refractivity (Wildman–Crippen MR) is 52.5 cm³/mol. The third-order valence-electron chi connectivity index (χ3n) is 2.80. The van der Waals surface area contributed by atoms with E-state index in [0.717, 1.165) is 11.5 Å². The van der Waals surface area contributed by atoms with Gasteiger partial charge in [0, 0.05) is 12.7 Å². The Labute approximate surface area is 87.7 Å². The van der Waals surface area contributed by atoms with E-state index >= 15 is 0 Å². The molecule has 5 nitrogen and oxygen atoms in total. The minimum atomic E-state index is -0.900. The highest BCUT2D eigenvalue weighted by atomic mass is 16.5. The molecule has 0 aromatic carbocycles. The molecule has 0 saturated heterocycles. The molecular weight excluding hydrogens is 196 g/mol. The predicted octanol–water partition coefficient (Wildman–Crippen LogP) is 0.776. The summed E-state index contributed by atoms with van der Waals surface area (Å²) in [6.07, 6.45) is 1.64. The van der Waals surface area contributed by atoms with Gasteiger partial charge in [0.15, 0.2) is 0 Å². The van der Waals surface area contributed by atoms with E-state index in [4.69, 9.17) is 9.84 Å². The molecule has 0 atom stereocenters. The second-order valence-electron chi connectivity index (χ2n) is 4.19. The van der Waals surface area contributed by atoms with Gasteiger partial charge >= 0.3 is 5.97 Å². The van der Waals surface area contributed by atoms with Gasteiger partial charge in [0.05, 0.1) is 12.3 Å². The minimum absolute atomic E-state index is 0.468. The average Bonchev–Trinajstić information content (AvgIpc) is 2.61. The number of carboxylic acid groups (broad SMARTS) is 1. The van der Waals surface area contributed by atoms with Crippen LogP contribution in [0.1, 0.15) is 25.4 Å². The number of ether oxygens (including phenoxy) is 1. The zero-order valence-corrected chi connectivity index (χ0v) is 8.86. The van der Waals surface area contributed by atoms with Crippen LogP contribution in [0.5, 0.6) is 0 Å². The summed E-state index contributed by atoms with van der Waals surface area (Å²) in [7, 11) is 0. The van der Waals surface area contributed by atoms with Gasteiger partial charge in [-0.25, -0.2) is 4.98 Å². The van der Waals surface area contributed by atoms with Gasteiger partial charge < -0.3 is 14.4 Å². The number of imidazole rings is 1. The molecule has 82 valence electrons. The van der Waals surface area contributed by atoms with Crippen molar-refractivity contribution in [3.63, 3.8) is 0 Å². The van der Waals surface area contributed by atoms with Crippen LogP contribution in [-0.4, -0.2) is 27.2 Å². The Bertz CT molecular complexity index is 395.